The molecule has 0 aromatic heterocycles. The van der Waals surface area contributed by atoms with Gasteiger partial charge in [-0.15, -0.1) is 0 Å². The number of amides is 2. The van der Waals surface area contributed by atoms with Crippen LogP contribution in [0.25, 0.3) is 0 Å². The first kappa shape index (κ1) is 20.8. The molecule has 146 valence electrons. The molecule has 2 aromatic rings. The van der Waals surface area contributed by atoms with Gasteiger partial charge in [-0.05, 0) is 43.7 Å². The van der Waals surface area contributed by atoms with Gasteiger partial charge in [0, 0.05) is 18.2 Å². The number of ether oxygens (including phenoxy) is 1. The van der Waals surface area contributed by atoms with Crippen molar-refractivity contribution in [2.45, 2.75) is 33.3 Å². The normalized spacial score (nSPS) is 11.2. The second-order valence-corrected chi connectivity index (χ2v) is 6.28. The zero-order valence-electron chi connectivity index (χ0n) is 15.9. The van der Waals surface area contributed by atoms with E-state index in [0.717, 1.165) is 0 Å². The Hall–Kier alpha value is -3.48. The minimum absolute atomic E-state index is 0.0119. The van der Waals surface area contributed by atoms with E-state index in [2.05, 4.69) is 10.6 Å². The lowest BCUT2D eigenvalue weighted by Gasteiger charge is -2.15. The molecular formula is C21H22N2O5. The highest BCUT2D eigenvalue weighted by Gasteiger charge is 2.19. The van der Waals surface area contributed by atoms with Crippen molar-refractivity contribution in [2.75, 3.05) is 10.6 Å². The van der Waals surface area contributed by atoms with Crippen LogP contribution in [0.5, 0.6) is 0 Å². The number of Topliss-reactive ketones (excluding diaryl/α,β-unsaturated/α-hetero) is 1. The van der Waals surface area contributed by atoms with Crippen LogP contribution >= 0.6 is 0 Å². The summed E-state index contributed by atoms with van der Waals surface area (Å²) < 4.78 is 5.18. The topological polar surface area (TPSA) is 102 Å². The van der Waals surface area contributed by atoms with E-state index >= 15 is 0 Å². The summed E-state index contributed by atoms with van der Waals surface area (Å²) in [7, 11) is 0. The van der Waals surface area contributed by atoms with E-state index in [1.165, 1.54) is 20.8 Å². The third-order valence-electron chi connectivity index (χ3n) is 3.86. The second-order valence-electron chi connectivity index (χ2n) is 6.28. The second kappa shape index (κ2) is 9.45. The monoisotopic (exact) mass is 382 g/mol. The molecule has 0 saturated heterocycles. The Balaban J connectivity index is 1.92. The number of carbonyl (C=O) groups excluding carboxylic acids is 4. The number of esters is 1. The third kappa shape index (κ3) is 6.05. The Labute approximate surface area is 163 Å². The molecule has 7 nitrogen and oxygen atoms in total. The summed E-state index contributed by atoms with van der Waals surface area (Å²) in [5.74, 6) is -1.44. The molecule has 1 atom stereocenters. The van der Waals surface area contributed by atoms with E-state index in [1.54, 1.807) is 48.5 Å². The molecule has 0 aliphatic heterocycles. The van der Waals surface area contributed by atoms with Gasteiger partial charge in [0.1, 0.15) is 0 Å². The molecule has 0 saturated carbocycles. The first-order valence-corrected chi connectivity index (χ1v) is 8.73. The van der Waals surface area contributed by atoms with E-state index in [-0.39, 0.29) is 18.1 Å². The summed E-state index contributed by atoms with van der Waals surface area (Å²) in [5.41, 5.74) is 2.07. The summed E-state index contributed by atoms with van der Waals surface area (Å²) in [6, 6.07) is 13.4. The number of anilines is 2. The van der Waals surface area contributed by atoms with Gasteiger partial charge in [0.15, 0.2) is 11.9 Å². The quantitative estimate of drug-likeness (QED) is 0.566. The number of hydrogen-bond acceptors (Lipinski definition) is 5. The van der Waals surface area contributed by atoms with Crippen LogP contribution in [0.2, 0.25) is 0 Å². The summed E-state index contributed by atoms with van der Waals surface area (Å²) in [5, 5.41) is 5.25. The van der Waals surface area contributed by atoms with Gasteiger partial charge in [0.2, 0.25) is 5.91 Å². The lowest BCUT2D eigenvalue weighted by atomic mass is 10.1. The average Bonchev–Trinajstić information content (AvgIpc) is 2.63. The van der Waals surface area contributed by atoms with Crippen LogP contribution in [0.15, 0.2) is 48.5 Å². The summed E-state index contributed by atoms with van der Waals surface area (Å²) >= 11 is 0. The summed E-state index contributed by atoms with van der Waals surface area (Å²) in [6.45, 7) is 4.28. The highest BCUT2D eigenvalue weighted by molar-refractivity contribution is 6.04. The number of ketones is 1. The Kier molecular flexibility index (Phi) is 7.03. The zero-order valence-corrected chi connectivity index (χ0v) is 15.9. The van der Waals surface area contributed by atoms with Crippen LogP contribution in [0.1, 0.15) is 36.7 Å². The third-order valence-corrected chi connectivity index (χ3v) is 3.86. The van der Waals surface area contributed by atoms with Crippen molar-refractivity contribution in [1.29, 1.82) is 0 Å². The van der Waals surface area contributed by atoms with Gasteiger partial charge in [0.25, 0.3) is 5.91 Å². The molecule has 2 N–H and O–H groups in total. The minimum atomic E-state index is -1.02. The van der Waals surface area contributed by atoms with E-state index in [1.807, 2.05) is 0 Å². The van der Waals surface area contributed by atoms with Gasteiger partial charge in [-0.2, -0.15) is 0 Å². The number of nitrogens with one attached hydrogen (secondary N) is 2. The van der Waals surface area contributed by atoms with Crippen LogP contribution < -0.4 is 10.6 Å². The predicted octanol–water partition coefficient (Wildman–Crippen LogP) is 2.96. The fraction of sp³-hybridized carbons (Fsp3) is 0.238. The molecule has 28 heavy (non-hydrogen) atoms. The maximum Gasteiger partial charge on any atom is 0.311 e. The first-order valence-electron chi connectivity index (χ1n) is 8.73. The molecular weight excluding hydrogens is 360 g/mol. The maximum absolute atomic E-state index is 12.3. The summed E-state index contributed by atoms with van der Waals surface area (Å²) in [4.78, 5) is 47.0. The number of carbonyl (C=O) groups is 4. The molecule has 0 radical (unpaired) electrons. The molecule has 0 bridgehead atoms. The first-order chi connectivity index (χ1) is 13.3. The van der Waals surface area contributed by atoms with Crippen molar-refractivity contribution >= 4 is 34.9 Å². The van der Waals surface area contributed by atoms with Crippen LogP contribution in [0.4, 0.5) is 11.4 Å². The molecule has 0 spiro atoms. The van der Waals surface area contributed by atoms with Gasteiger partial charge in [0.05, 0.1) is 12.1 Å². The molecule has 2 rings (SSSR count). The summed E-state index contributed by atoms with van der Waals surface area (Å²) in [6.07, 6.45) is -1.03. The largest absolute Gasteiger partial charge is 0.452 e. The molecule has 7 heteroatoms. The lowest BCUT2D eigenvalue weighted by Crippen LogP contribution is -2.31. The van der Waals surface area contributed by atoms with Gasteiger partial charge in [-0.25, -0.2) is 0 Å². The fourth-order valence-corrected chi connectivity index (χ4v) is 2.50. The van der Waals surface area contributed by atoms with Crippen molar-refractivity contribution in [1.82, 2.24) is 0 Å². The fourth-order valence-electron chi connectivity index (χ4n) is 2.50. The molecule has 0 aliphatic rings. The average molecular weight is 382 g/mol. The van der Waals surface area contributed by atoms with Crippen LogP contribution in [0.3, 0.4) is 0 Å². The predicted molar refractivity (Wildman–Crippen MR) is 105 cm³/mol. The number of rotatable bonds is 7. The number of para-hydroxylation sites is 1. The molecule has 2 aromatic carbocycles. The Morgan fingerprint density at radius 2 is 1.57 bits per heavy atom. The number of benzene rings is 2. The van der Waals surface area contributed by atoms with Crippen LogP contribution in [-0.4, -0.2) is 29.7 Å². The lowest BCUT2D eigenvalue weighted by molar-refractivity contribution is -0.152. The van der Waals surface area contributed by atoms with E-state index in [0.29, 0.717) is 22.5 Å². The highest BCUT2D eigenvalue weighted by atomic mass is 16.5. The Morgan fingerprint density at radius 1 is 0.929 bits per heavy atom. The van der Waals surface area contributed by atoms with Gasteiger partial charge in [-0.1, -0.05) is 24.3 Å². The van der Waals surface area contributed by atoms with Gasteiger partial charge in [-0.3, -0.25) is 19.2 Å². The molecule has 0 fully saturated rings. The van der Waals surface area contributed by atoms with Crippen molar-refractivity contribution in [3.8, 4) is 0 Å². The number of hydrogen-bond donors (Lipinski definition) is 2. The SMILES string of the molecule is CC(=O)Nc1ccc(CC(=O)O[C@@H](C)C(=O)Nc2ccccc2C(C)=O)cc1. The zero-order chi connectivity index (χ0) is 20.7. The standard InChI is InChI=1S/C21H22N2O5/c1-13(24)18-6-4-5-7-19(18)23-21(27)14(2)28-20(26)12-16-8-10-17(11-9-16)22-15(3)25/h4-11,14H,12H2,1-3H3,(H,22,25)(H,23,27)/t14-/m0/s1. The van der Waals surface area contributed by atoms with Gasteiger partial charge < -0.3 is 15.4 Å². The highest BCUT2D eigenvalue weighted by Crippen LogP contribution is 2.16. The minimum Gasteiger partial charge on any atom is -0.452 e. The maximum atomic E-state index is 12.3. The van der Waals surface area contributed by atoms with Gasteiger partial charge >= 0.3 is 5.97 Å². The molecule has 0 aliphatic carbocycles. The van der Waals surface area contributed by atoms with Crippen LogP contribution in [0, 0.1) is 0 Å². The van der Waals surface area contributed by atoms with Crippen LogP contribution in [-0.2, 0) is 25.5 Å². The van der Waals surface area contributed by atoms with E-state index in [9.17, 15) is 19.2 Å². The smallest absolute Gasteiger partial charge is 0.311 e. The molecule has 0 heterocycles. The van der Waals surface area contributed by atoms with Crippen molar-refractivity contribution in [3.05, 3.63) is 59.7 Å². The van der Waals surface area contributed by atoms with Crippen molar-refractivity contribution in [2.24, 2.45) is 0 Å². The van der Waals surface area contributed by atoms with Crippen molar-refractivity contribution < 1.29 is 23.9 Å². The molecule has 2 amide bonds. The van der Waals surface area contributed by atoms with E-state index in [4.69, 9.17) is 4.74 Å². The Morgan fingerprint density at radius 3 is 2.18 bits per heavy atom. The Bertz CT molecular complexity index is 890. The van der Waals surface area contributed by atoms with E-state index < -0.39 is 18.0 Å². The van der Waals surface area contributed by atoms with Crippen molar-refractivity contribution in [3.63, 3.8) is 0 Å². The molecule has 0 unspecified atom stereocenters.